The van der Waals surface area contributed by atoms with Crippen LogP contribution in [0.2, 0.25) is 10.0 Å². The lowest BCUT2D eigenvalue weighted by molar-refractivity contribution is -0.120. The zero-order valence-corrected chi connectivity index (χ0v) is 17.8. The van der Waals surface area contributed by atoms with Gasteiger partial charge in [0.05, 0.1) is 21.9 Å². The van der Waals surface area contributed by atoms with Gasteiger partial charge < -0.3 is 10.1 Å². The third-order valence-corrected chi connectivity index (χ3v) is 5.02. The Bertz CT molecular complexity index is 1220. The van der Waals surface area contributed by atoms with Crippen molar-refractivity contribution >= 4 is 40.8 Å². The second-order valence-corrected chi connectivity index (χ2v) is 7.60. The van der Waals surface area contributed by atoms with Crippen LogP contribution >= 0.6 is 23.2 Å². The maximum Gasteiger partial charge on any atom is 0.289 e. The topological polar surface area (TPSA) is 97.3 Å². The van der Waals surface area contributed by atoms with Gasteiger partial charge in [0.25, 0.3) is 11.8 Å². The van der Waals surface area contributed by atoms with Crippen molar-refractivity contribution in [2.24, 2.45) is 0 Å². The van der Waals surface area contributed by atoms with Crippen molar-refractivity contribution < 1.29 is 23.1 Å². The third-order valence-electron chi connectivity index (χ3n) is 4.54. The van der Waals surface area contributed by atoms with Crippen molar-refractivity contribution in [3.63, 3.8) is 0 Å². The minimum absolute atomic E-state index is 0.0152. The Hall–Kier alpha value is -3.37. The highest BCUT2D eigenvalue weighted by Crippen LogP contribution is 2.31. The molecule has 0 aliphatic carbocycles. The number of hydrogen-bond donors (Lipinski definition) is 1. The number of amides is 2. The molecule has 0 radical (unpaired) electrons. The Labute approximate surface area is 190 Å². The highest BCUT2D eigenvalue weighted by Gasteiger charge is 2.32. The molecule has 0 spiro atoms. The van der Waals surface area contributed by atoms with E-state index in [9.17, 15) is 18.4 Å². The summed E-state index contributed by atoms with van der Waals surface area (Å²) in [7, 11) is 1.48. The molecule has 1 aromatic carbocycles. The van der Waals surface area contributed by atoms with E-state index in [-0.39, 0.29) is 40.3 Å². The lowest BCUT2D eigenvalue weighted by Crippen LogP contribution is -2.49. The van der Waals surface area contributed by atoms with Gasteiger partial charge in [0.15, 0.2) is 11.6 Å². The van der Waals surface area contributed by atoms with Gasteiger partial charge in [-0.3, -0.25) is 14.5 Å². The van der Waals surface area contributed by atoms with E-state index in [2.05, 4.69) is 20.3 Å². The highest BCUT2D eigenvalue weighted by atomic mass is 35.5. The summed E-state index contributed by atoms with van der Waals surface area (Å²) in [4.78, 5) is 38.7. The summed E-state index contributed by atoms with van der Waals surface area (Å²) in [6, 6.07) is 3.15. The fourth-order valence-electron chi connectivity index (χ4n) is 3.05. The third kappa shape index (κ3) is 4.32. The van der Waals surface area contributed by atoms with Gasteiger partial charge >= 0.3 is 0 Å². The number of nitrogens with zero attached hydrogens (tertiary/aromatic N) is 4. The molecular formula is C20H13Cl2F2N5O3. The lowest BCUT2D eigenvalue weighted by Gasteiger charge is -2.19. The molecule has 164 valence electrons. The molecule has 32 heavy (non-hydrogen) atoms. The Morgan fingerprint density at radius 3 is 2.59 bits per heavy atom. The van der Waals surface area contributed by atoms with E-state index in [4.69, 9.17) is 27.9 Å². The molecule has 1 unspecified atom stereocenters. The largest absolute Gasteiger partial charge is 0.487 e. The normalized spacial score (nSPS) is 15.6. The van der Waals surface area contributed by atoms with Gasteiger partial charge in [-0.25, -0.2) is 23.7 Å². The van der Waals surface area contributed by atoms with Crippen LogP contribution in [0.25, 0.3) is 11.3 Å². The van der Waals surface area contributed by atoms with Crippen LogP contribution in [0.4, 0.5) is 14.6 Å². The van der Waals surface area contributed by atoms with Gasteiger partial charge in [0, 0.05) is 30.9 Å². The minimum atomic E-state index is -1.09. The van der Waals surface area contributed by atoms with E-state index >= 15 is 0 Å². The second kappa shape index (κ2) is 8.64. The summed E-state index contributed by atoms with van der Waals surface area (Å²) in [6.07, 6.45) is 2.49. The first-order valence-corrected chi connectivity index (χ1v) is 9.84. The van der Waals surface area contributed by atoms with Crippen molar-refractivity contribution in [1.82, 2.24) is 20.3 Å². The van der Waals surface area contributed by atoms with E-state index in [0.717, 1.165) is 18.3 Å². The van der Waals surface area contributed by atoms with Crippen LogP contribution in [-0.2, 0) is 4.79 Å². The number of fused-ring (bicyclic) bond motifs is 1. The molecule has 1 N–H and O–H groups in total. The van der Waals surface area contributed by atoms with E-state index in [0.29, 0.717) is 11.1 Å². The fraction of sp³-hybridized carbons (Fsp3) is 0.150. The highest BCUT2D eigenvalue weighted by molar-refractivity contribution is 6.33. The zero-order valence-electron chi connectivity index (χ0n) is 16.3. The maximum absolute atomic E-state index is 13.6. The first-order chi connectivity index (χ1) is 15.2. The molecule has 12 heteroatoms. The summed E-state index contributed by atoms with van der Waals surface area (Å²) in [6.45, 7) is -0.195. The Morgan fingerprint density at radius 2 is 1.88 bits per heavy atom. The van der Waals surface area contributed by atoms with E-state index in [1.54, 1.807) is 0 Å². The van der Waals surface area contributed by atoms with Crippen LogP contribution in [-0.4, -0.2) is 46.5 Å². The number of likely N-dealkylation sites (N-methyl/N-ethyl adjacent to an activating group) is 1. The summed E-state index contributed by atoms with van der Waals surface area (Å²) < 4.78 is 32.8. The molecule has 0 fully saturated rings. The monoisotopic (exact) mass is 479 g/mol. The molecule has 4 rings (SSSR count). The van der Waals surface area contributed by atoms with Crippen LogP contribution in [0.5, 0.6) is 5.75 Å². The molecular weight excluding hydrogens is 467 g/mol. The number of nitrogens with one attached hydrogen (secondary N) is 1. The maximum atomic E-state index is 13.6. The van der Waals surface area contributed by atoms with Crippen molar-refractivity contribution in [1.29, 1.82) is 0 Å². The average molecular weight is 480 g/mol. The second-order valence-electron chi connectivity index (χ2n) is 6.76. The average Bonchev–Trinajstić information content (AvgIpc) is 2.85. The molecule has 2 amide bonds. The number of benzene rings is 1. The molecule has 8 nitrogen and oxygen atoms in total. The van der Waals surface area contributed by atoms with Gasteiger partial charge in [-0.1, -0.05) is 23.2 Å². The summed E-state index contributed by atoms with van der Waals surface area (Å²) in [5.41, 5.74) is -0.0204. The summed E-state index contributed by atoms with van der Waals surface area (Å²) in [5.74, 6) is -2.80. The predicted octanol–water partition coefficient (Wildman–Crippen LogP) is 3.28. The summed E-state index contributed by atoms with van der Waals surface area (Å²) in [5, 5.41) is 2.80. The Morgan fingerprint density at radius 1 is 1.16 bits per heavy atom. The number of pyridine rings is 1. The first kappa shape index (κ1) is 21.8. The van der Waals surface area contributed by atoms with E-state index in [1.807, 2.05) is 0 Å². The number of halogens is 4. The molecule has 0 bridgehead atoms. The van der Waals surface area contributed by atoms with Crippen LogP contribution in [0.1, 0.15) is 10.6 Å². The van der Waals surface area contributed by atoms with E-state index < -0.39 is 29.5 Å². The number of anilines is 1. The van der Waals surface area contributed by atoms with Crippen LogP contribution in [0, 0.1) is 11.6 Å². The standard InChI is InChI=1S/C20H13Cl2F2N5O3/c1-29-18-15(4-10(21)6-26-18)32-8-14(20(29)31)27-19(30)17-25-7-13(22)16(28-17)9-2-11(23)5-12(24)3-9/h2-7,14H,8H2,1H3,(H,27,30). The fourth-order valence-corrected chi connectivity index (χ4v) is 3.40. The van der Waals surface area contributed by atoms with Crippen LogP contribution in [0.15, 0.2) is 36.7 Å². The van der Waals surface area contributed by atoms with Gasteiger partial charge in [-0.2, -0.15) is 0 Å². The molecule has 1 aliphatic heterocycles. The van der Waals surface area contributed by atoms with Gasteiger partial charge in [0.2, 0.25) is 5.82 Å². The zero-order chi connectivity index (χ0) is 23.0. The van der Waals surface area contributed by atoms with Crippen molar-refractivity contribution in [3.8, 4) is 17.0 Å². The van der Waals surface area contributed by atoms with Crippen molar-refractivity contribution in [2.75, 3.05) is 18.6 Å². The summed E-state index contributed by atoms with van der Waals surface area (Å²) >= 11 is 12.0. The number of carbonyl (C=O) groups excluding carboxylic acids is 2. The first-order valence-electron chi connectivity index (χ1n) is 9.08. The van der Waals surface area contributed by atoms with Crippen molar-refractivity contribution in [2.45, 2.75) is 6.04 Å². The molecule has 1 atom stereocenters. The number of carbonyl (C=O) groups is 2. The molecule has 1 aliphatic rings. The lowest BCUT2D eigenvalue weighted by atomic mass is 10.1. The smallest absolute Gasteiger partial charge is 0.289 e. The molecule has 3 aromatic rings. The van der Waals surface area contributed by atoms with Gasteiger partial charge in [-0.15, -0.1) is 0 Å². The minimum Gasteiger partial charge on any atom is -0.487 e. The van der Waals surface area contributed by atoms with Gasteiger partial charge in [-0.05, 0) is 12.1 Å². The van der Waals surface area contributed by atoms with Crippen LogP contribution in [0.3, 0.4) is 0 Å². The predicted molar refractivity (Wildman–Crippen MR) is 112 cm³/mol. The van der Waals surface area contributed by atoms with Crippen LogP contribution < -0.4 is 15.0 Å². The Balaban J connectivity index is 1.59. The molecule has 2 aromatic heterocycles. The number of ether oxygens (including phenoxy) is 1. The SMILES string of the molecule is CN1C(=O)C(NC(=O)c2ncc(Cl)c(-c3cc(F)cc(F)c3)n2)COc2cc(Cl)cnc21. The van der Waals surface area contributed by atoms with Crippen molar-refractivity contribution in [3.05, 3.63) is 64.2 Å². The molecule has 0 saturated heterocycles. The van der Waals surface area contributed by atoms with Gasteiger partial charge in [0.1, 0.15) is 24.3 Å². The van der Waals surface area contributed by atoms with E-state index in [1.165, 1.54) is 24.2 Å². The number of aromatic nitrogens is 3. The Kier molecular flexibility index (Phi) is 5.90. The molecule has 0 saturated carbocycles. The quantitative estimate of drug-likeness (QED) is 0.618. The number of hydrogen-bond acceptors (Lipinski definition) is 6. The number of rotatable bonds is 3. The molecule has 3 heterocycles.